The van der Waals surface area contributed by atoms with Gasteiger partial charge in [0.05, 0.1) is 10.7 Å². The van der Waals surface area contributed by atoms with Crippen molar-refractivity contribution >= 4 is 11.8 Å². The predicted octanol–water partition coefficient (Wildman–Crippen LogP) is 2.79. The van der Waals surface area contributed by atoms with Crippen LogP contribution in [0.2, 0.25) is 0 Å². The Kier molecular flexibility index (Phi) is 4.09. The molecule has 96 valence electrons. The van der Waals surface area contributed by atoms with E-state index < -0.39 is 0 Å². The molecule has 4 heteroatoms. The highest BCUT2D eigenvalue weighted by Gasteiger charge is 2.12. The minimum absolute atomic E-state index is 0.551. The third kappa shape index (κ3) is 2.60. The van der Waals surface area contributed by atoms with E-state index in [4.69, 9.17) is 5.73 Å². The summed E-state index contributed by atoms with van der Waals surface area (Å²) in [6.07, 6.45) is 0. The number of nitrogens with two attached hydrogens (primary N) is 1. The van der Waals surface area contributed by atoms with Crippen molar-refractivity contribution in [1.29, 1.82) is 0 Å². The van der Waals surface area contributed by atoms with Crippen LogP contribution in [-0.2, 0) is 19.3 Å². The van der Waals surface area contributed by atoms with Gasteiger partial charge in [-0.1, -0.05) is 24.3 Å². The Morgan fingerprint density at radius 1 is 1.28 bits per heavy atom. The van der Waals surface area contributed by atoms with E-state index in [1.165, 1.54) is 16.2 Å². The molecule has 0 unspecified atom stereocenters. The summed E-state index contributed by atoms with van der Waals surface area (Å²) in [5, 5.41) is 5.61. The molecule has 1 aromatic heterocycles. The quantitative estimate of drug-likeness (QED) is 0.861. The number of aryl methyl sites for hydroxylation is 3. The number of nitrogens with zero attached hydrogens (tertiary/aromatic N) is 2. The molecule has 0 atom stereocenters. The highest BCUT2D eigenvalue weighted by molar-refractivity contribution is 7.98. The van der Waals surface area contributed by atoms with Gasteiger partial charge in [-0.05, 0) is 25.0 Å². The van der Waals surface area contributed by atoms with Crippen LogP contribution in [0.5, 0.6) is 0 Å². The van der Waals surface area contributed by atoms with E-state index in [1.54, 1.807) is 11.8 Å². The lowest BCUT2D eigenvalue weighted by Gasteiger charge is -2.07. The first-order chi connectivity index (χ1) is 8.63. The van der Waals surface area contributed by atoms with Crippen LogP contribution < -0.4 is 5.73 Å². The van der Waals surface area contributed by atoms with E-state index in [2.05, 4.69) is 36.3 Å². The molecule has 3 nitrogen and oxygen atoms in total. The van der Waals surface area contributed by atoms with Crippen LogP contribution >= 0.6 is 11.8 Å². The summed E-state index contributed by atoms with van der Waals surface area (Å²) in [7, 11) is 1.98. The average molecular weight is 261 g/mol. The normalized spacial score (nSPS) is 10.9. The largest absolute Gasteiger partial charge is 0.326 e. The summed E-state index contributed by atoms with van der Waals surface area (Å²) < 4.78 is 1.93. The van der Waals surface area contributed by atoms with Crippen molar-refractivity contribution in [3.63, 3.8) is 0 Å². The smallest absolute Gasteiger partial charge is 0.0987 e. The second kappa shape index (κ2) is 5.59. The first kappa shape index (κ1) is 13.2. The highest BCUT2D eigenvalue weighted by atomic mass is 32.2. The van der Waals surface area contributed by atoms with Gasteiger partial charge in [0.2, 0.25) is 0 Å². The second-order valence-electron chi connectivity index (χ2n) is 4.41. The lowest BCUT2D eigenvalue weighted by molar-refractivity contribution is 0.688. The fraction of sp³-hybridized carbons (Fsp3) is 0.357. The molecule has 0 radical (unpaired) electrons. The number of aromatic nitrogens is 2. The van der Waals surface area contributed by atoms with Crippen molar-refractivity contribution in [2.45, 2.75) is 31.2 Å². The molecule has 2 rings (SSSR count). The van der Waals surface area contributed by atoms with Crippen molar-refractivity contribution < 1.29 is 0 Å². The maximum atomic E-state index is 5.80. The minimum atomic E-state index is 0.551. The van der Waals surface area contributed by atoms with Crippen LogP contribution in [0.4, 0.5) is 0 Å². The van der Waals surface area contributed by atoms with Crippen LogP contribution in [0.25, 0.3) is 0 Å². The number of rotatable bonds is 4. The number of hydrogen-bond acceptors (Lipinski definition) is 3. The molecule has 0 aliphatic carbocycles. The van der Waals surface area contributed by atoms with E-state index in [0.717, 1.165) is 17.0 Å². The Bertz CT molecular complexity index is 546. The Hall–Kier alpha value is -1.26. The second-order valence-corrected chi connectivity index (χ2v) is 5.38. The fourth-order valence-electron chi connectivity index (χ4n) is 2.01. The monoisotopic (exact) mass is 261 g/mol. The molecule has 0 bridgehead atoms. The first-order valence-electron chi connectivity index (χ1n) is 6.03. The molecular formula is C14H19N3S. The van der Waals surface area contributed by atoms with Crippen molar-refractivity contribution in [3.05, 3.63) is 46.6 Å². The third-order valence-electron chi connectivity index (χ3n) is 3.12. The molecule has 0 fully saturated rings. The Labute approximate surface area is 112 Å². The molecular weight excluding hydrogens is 242 g/mol. The van der Waals surface area contributed by atoms with Crippen LogP contribution in [0, 0.1) is 13.8 Å². The molecule has 0 spiro atoms. The molecule has 18 heavy (non-hydrogen) atoms. The SMILES string of the molecule is Cc1ccccc1CSc1c(CN)c(C)nn1C. The standard InChI is InChI=1S/C14H19N3S/c1-10-6-4-5-7-12(10)9-18-14-13(8-15)11(2)16-17(14)3/h4-7H,8-9,15H2,1-3H3. The van der Waals surface area contributed by atoms with Gasteiger partial charge in [0.15, 0.2) is 0 Å². The van der Waals surface area contributed by atoms with Gasteiger partial charge < -0.3 is 5.73 Å². The predicted molar refractivity (Wildman–Crippen MR) is 76.6 cm³/mol. The Morgan fingerprint density at radius 3 is 2.67 bits per heavy atom. The van der Waals surface area contributed by atoms with Gasteiger partial charge >= 0.3 is 0 Å². The molecule has 1 aromatic carbocycles. The lowest BCUT2D eigenvalue weighted by Crippen LogP contribution is -2.00. The van der Waals surface area contributed by atoms with Crippen LogP contribution in [-0.4, -0.2) is 9.78 Å². The Morgan fingerprint density at radius 2 is 2.00 bits per heavy atom. The van der Waals surface area contributed by atoms with Gasteiger partial charge in [0.1, 0.15) is 0 Å². The van der Waals surface area contributed by atoms with Gasteiger partial charge in [0, 0.05) is 24.9 Å². The topological polar surface area (TPSA) is 43.8 Å². The molecule has 0 aliphatic rings. The van der Waals surface area contributed by atoms with Gasteiger partial charge in [-0.15, -0.1) is 11.8 Å². The van der Waals surface area contributed by atoms with Crippen molar-refractivity contribution in [1.82, 2.24) is 9.78 Å². The zero-order valence-corrected chi connectivity index (χ0v) is 11.9. The van der Waals surface area contributed by atoms with E-state index in [1.807, 2.05) is 18.7 Å². The summed E-state index contributed by atoms with van der Waals surface area (Å²) >= 11 is 1.81. The molecule has 0 amide bonds. The first-order valence-corrected chi connectivity index (χ1v) is 7.02. The maximum Gasteiger partial charge on any atom is 0.0987 e. The molecule has 2 N–H and O–H groups in total. The van der Waals surface area contributed by atoms with E-state index >= 15 is 0 Å². The fourth-order valence-corrected chi connectivity index (χ4v) is 3.26. The molecule has 1 heterocycles. The molecule has 2 aromatic rings. The highest BCUT2D eigenvalue weighted by Crippen LogP contribution is 2.28. The van der Waals surface area contributed by atoms with E-state index in [9.17, 15) is 0 Å². The van der Waals surface area contributed by atoms with Crippen molar-refractivity contribution in [2.75, 3.05) is 0 Å². The zero-order chi connectivity index (χ0) is 13.1. The summed E-state index contributed by atoms with van der Waals surface area (Å²) in [5.74, 6) is 0.957. The zero-order valence-electron chi connectivity index (χ0n) is 11.1. The molecule has 0 saturated heterocycles. The van der Waals surface area contributed by atoms with Crippen LogP contribution in [0.1, 0.15) is 22.4 Å². The van der Waals surface area contributed by atoms with Crippen LogP contribution in [0.15, 0.2) is 29.3 Å². The number of hydrogen-bond donors (Lipinski definition) is 1. The van der Waals surface area contributed by atoms with Gasteiger partial charge in [-0.25, -0.2) is 0 Å². The summed E-state index contributed by atoms with van der Waals surface area (Å²) in [6.45, 7) is 4.71. The minimum Gasteiger partial charge on any atom is -0.326 e. The molecule has 0 saturated carbocycles. The average Bonchev–Trinajstić information content (AvgIpc) is 2.62. The third-order valence-corrected chi connectivity index (χ3v) is 4.36. The summed E-state index contributed by atoms with van der Waals surface area (Å²) in [5.41, 5.74) is 10.7. The van der Waals surface area contributed by atoms with E-state index in [-0.39, 0.29) is 0 Å². The van der Waals surface area contributed by atoms with E-state index in [0.29, 0.717) is 6.54 Å². The molecule has 0 aliphatic heterocycles. The maximum absolute atomic E-state index is 5.80. The van der Waals surface area contributed by atoms with Gasteiger partial charge in [-0.2, -0.15) is 5.10 Å². The van der Waals surface area contributed by atoms with Gasteiger partial charge in [-0.3, -0.25) is 4.68 Å². The number of thioether (sulfide) groups is 1. The summed E-state index contributed by atoms with van der Waals surface area (Å²) in [6, 6.07) is 8.48. The summed E-state index contributed by atoms with van der Waals surface area (Å²) in [4.78, 5) is 0. The lowest BCUT2D eigenvalue weighted by atomic mass is 10.1. The van der Waals surface area contributed by atoms with Crippen molar-refractivity contribution in [3.8, 4) is 0 Å². The van der Waals surface area contributed by atoms with Crippen LogP contribution in [0.3, 0.4) is 0 Å². The van der Waals surface area contributed by atoms with Gasteiger partial charge in [0.25, 0.3) is 0 Å². The van der Waals surface area contributed by atoms with Crippen molar-refractivity contribution in [2.24, 2.45) is 12.8 Å². The Balaban J connectivity index is 2.18. The number of benzene rings is 1.